The van der Waals surface area contributed by atoms with E-state index in [0.29, 0.717) is 6.42 Å². The number of nitrogens with zero attached hydrogens (tertiary/aromatic N) is 1. The second-order valence-corrected chi connectivity index (χ2v) is 6.70. The van der Waals surface area contributed by atoms with Crippen LogP contribution in [0.25, 0.3) is 0 Å². The van der Waals surface area contributed by atoms with Crippen molar-refractivity contribution in [2.75, 3.05) is 26.2 Å². The van der Waals surface area contributed by atoms with Gasteiger partial charge in [0.05, 0.1) is 0 Å². The highest BCUT2D eigenvalue weighted by Crippen LogP contribution is 2.15. The van der Waals surface area contributed by atoms with Crippen LogP contribution >= 0.6 is 0 Å². The minimum atomic E-state index is -4.55. The Labute approximate surface area is 118 Å². The van der Waals surface area contributed by atoms with Crippen molar-refractivity contribution in [2.24, 2.45) is 0 Å². The quantitative estimate of drug-likeness (QED) is 0.743. The molecule has 0 bridgehead atoms. The van der Waals surface area contributed by atoms with Gasteiger partial charge >= 0.3 is 6.18 Å². The lowest BCUT2D eigenvalue weighted by molar-refractivity contribution is -0.121. The molecular formula is C11H22F3N3O2S. The fourth-order valence-electron chi connectivity index (χ4n) is 2.15. The molecule has 2 N–H and O–H groups in total. The zero-order valence-electron chi connectivity index (χ0n) is 11.5. The van der Waals surface area contributed by atoms with Gasteiger partial charge in [-0.05, 0) is 25.8 Å². The van der Waals surface area contributed by atoms with Crippen molar-refractivity contribution in [3.05, 3.63) is 0 Å². The van der Waals surface area contributed by atoms with E-state index in [1.807, 2.05) is 0 Å². The van der Waals surface area contributed by atoms with Crippen LogP contribution in [0.3, 0.4) is 0 Å². The van der Waals surface area contributed by atoms with Gasteiger partial charge < -0.3 is 5.32 Å². The molecule has 1 aliphatic rings. The highest BCUT2D eigenvalue weighted by Gasteiger charge is 2.32. The molecule has 1 heterocycles. The number of hydrogen-bond donors (Lipinski definition) is 2. The molecule has 1 fully saturated rings. The lowest BCUT2D eigenvalue weighted by Gasteiger charge is -2.30. The molecule has 0 radical (unpaired) electrons. The summed E-state index contributed by atoms with van der Waals surface area (Å²) in [6, 6.07) is 0.0118. The Morgan fingerprint density at radius 3 is 2.55 bits per heavy atom. The summed E-state index contributed by atoms with van der Waals surface area (Å²) >= 11 is 0. The van der Waals surface area contributed by atoms with Crippen LogP contribution in [0.4, 0.5) is 13.2 Å². The lowest BCUT2D eigenvalue weighted by atomic mass is 10.1. The van der Waals surface area contributed by atoms with Crippen molar-refractivity contribution in [1.29, 1.82) is 0 Å². The molecule has 1 saturated heterocycles. The maximum Gasteiger partial charge on any atom is 0.402 e. The van der Waals surface area contributed by atoms with Crippen molar-refractivity contribution in [2.45, 2.75) is 44.8 Å². The maximum atomic E-state index is 12.1. The summed E-state index contributed by atoms with van der Waals surface area (Å²) in [6.07, 6.45) is -1.10. The van der Waals surface area contributed by atoms with Crippen LogP contribution in [0, 0.1) is 0 Å². The van der Waals surface area contributed by atoms with E-state index in [1.165, 1.54) is 0 Å². The van der Waals surface area contributed by atoms with Crippen molar-refractivity contribution >= 4 is 10.2 Å². The number of rotatable bonds is 7. The van der Waals surface area contributed by atoms with Gasteiger partial charge in [0, 0.05) is 19.1 Å². The van der Waals surface area contributed by atoms with Gasteiger partial charge in [-0.1, -0.05) is 13.3 Å². The normalized spacial score (nSPS) is 21.4. The number of piperidine rings is 1. The zero-order valence-corrected chi connectivity index (χ0v) is 12.4. The van der Waals surface area contributed by atoms with Crippen LogP contribution in [-0.2, 0) is 10.2 Å². The molecule has 0 aromatic carbocycles. The molecule has 1 rings (SSSR count). The molecule has 1 atom stereocenters. The molecule has 120 valence electrons. The van der Waals surface area contributed by atoms with Gasteiger partial charge in [-0.15, -0.1) is 0 Å². The van der Waals surface area contributed by atoms with E-state index in [0.717, 1.165) is 30.1 Å². The van der Waals surface area contributed by atoms with Crippen molar-refractivity contribution < 1.29 is 21.6 Å². The smallest absolute Gasteiger partial charge is 0.313 e. The first-order valence-electron chi connectivity index (χ1n) is 6.79. The Morgan fingerprint density at radius 1 is 1.35 bits per heavy atom. The van der Waals surface area contributed by atoms with Crippen molar-refractivity contribution in [3.8, 4) is 0 Å². The Bertz CT molecular complexity index is 381. The summed E-state index contributed by atoms with van der Waals surface area (Å²) in [5, 5.41) is 3.20. The molecule has 5 nitrogen and oxygen atoms in total. The third kappa shape index (κ3) is 6.38. The van der Waals surface area contributed by atoms with Crippen LogP contribution in [0.15, 0.2) is 0 Å². The van der Waals surface area contributed by atoms with E-state index < -0.39 is 22.9 Å². The van der Waals surface area contributed by atoms with E-state index in [9.17, 15) is 21.6 Å². The van der Waals surface area contributed by atoms with Gasteiger partial charge in [0.2, 0.25) is 0 Å². The predicted molar refractivity (Wildman–Crippen MR) is 70.5 cm³/mol. The summed E-state index contributed by atoms with van der Waals surface area (Å²) in [4.78, 5) is 0. The van der Waals surface area contributed by atoms with Crippen molar-refractivity contribution in [1.82, 2.24) is 14.3 Å². The molecule has 0 spiro atoms. The molecule has 0 amide bonds. The standard InChI is InChI=1S/C11H22F3N3O2S/c1-2-7-17(8-10-5-3-4-6-15-10)20(18,19)16-9-11(12,13)14/h10,15-16H,2-9H2,1H3. The first-order chi connectivity index (χ1) is 9.24. The summed E-state index contributed by atoms with van der Waals surface area (Å²) in [5.74, 6) is 0. The van der Waals surface area contributed by atoms with Crippen LogP contribution in [0.1, 0.15) is 32.6 Å². The Kier molecular flexibility index (Phi) is 6.70. The molecular weight excluding hydrogens is 295 g/mol. The highest BCUT2D eigenvalue weighted by molar-refractivity contribution is 7.87. The summed E-state index contributed by atoms with van der Waals surface area (Å²) in [6.45, 7) is 1.50. The Balaban J connectivity index is 2.62. The van der Waals surface area contributed by atoms with Crippen LogP contribution in [-0.4, -0.2) is 51.1 Å². The fourth-order valence-corrected chi connectivity index (χ4v) is 3.48. The largest absolute Gasteiger partial charge is 0.402 e. The van der Waals surface area contributed by atoms with E-state index in [-0.39, 0.29) is 19.1 Å². The molecule has 0 aliphatic carbocycles. The maximum absolute atomic E-state index is 12.1. The summed E-state index contributed by atoms with van der Waals surface area (Å²) in [7, 11) is -4.09. The summed E-state index contributed by atoms with van der Waals surface area (Å²) in [5.41, 5.74) is 0. The molecule has 1 aliphatic heterocycles. The van der Waals surface area contributed by atoms with Gasteiger partial charge in [-0.2, -0.15) is 30.6 Å². The number of nitrogens with one attached hydrogen (secondary N) is 2. The molecule has 1 unspecified atom stereocenters. The Hall–Kier alpha value is -0.380. The van der Waals surface area contributed by atoms with E-state index >= 15 is 0 Å². The number of hydrogen-bond acceptors (Lipinski definition) is 3. The molecule has 20 heavy (non-hydrogen) atoms. The predicted octanol–water partition coefficient (Wildman–Crippen LogP) is 1.24. The highest BCUT2D eigenvalue weighted by atomic mass is 32.2. The number of alkyl halides is 3. The average Bonchev–Trinajstić information content (AvgIpc) is 2.37. The minimum absolute atomic E-state index is 0.0118. The van der Waals surface area contributed by atoms with Gasteiger partial charge in [0.1, 0.15) is 6.54 Å². The first kappa shape index (κ1) is 17.7. The average molecular weight is 317 g/mol. The molecule has 0 aromatic rings. The third-order valence-corrected chi connectivity index (χ3v) is 4.62. The van der Waals surface area contributed by atoms with E-state index in [4.69, 9.17) is 0 Å². The van der Waals surface area contributed by atoms with Gasteiger partial charge in [-0.25, -0.2) is 0 Å². The van der Waals surface area contributed by atoms with E-state index in [1.54, 1.807) is 11.6 Å². The number of halogens is 3. The molecule has 9 heteroatoms. The third-order valence-electron chi connectivity index (χ3n) is 3.10. The summed E-state index contributed by atoms with van der Waals surface area (Å²) < 4.78 is 63.0. The SMILES string of the molecule is CCCN(CC1CCCCN1)S(=O)(=O)NCC(F)(F)F. The van der Waals surface area contributed by atoms with Crippen molar-refractivity contribution in [3.63, 3.8) is 0 Å². The molecule has 0 aromatic heterocycles. The first-order valence-corrected chi connectivity index (χ1v) is 8.23. The zero-order chi connectivity index (χ0) is 15.2. The lowest BCUT2D eigenvalue weighted by Crippen LogP contribution is -2.50. The topological polar surface area (TPSA) is 61.4 Å². The second kappa shape index (κ2) is 7.58. The van der Waals surface area contributed by atoms with Gasteiger partial charge in [0.25, 0.3) is 10.2 Å². The molecule has 0 saturated carbocycles. The Morgan fingerprint density at radius 2 is 2.05 bits per heavy atom. The minimum Gasteiger partial charge on any atom is -0.313 e. The fraction of sp³-hybridized carbons (Fsp3) is 1.00. The van der Waals surface area contributed by atoms with Gasteiger partial charge in [0.15, 0.2) is 0 Å². The van der Waals surface area contributed by atoms with Crippen LogP contribution in [0.5, 0.6) is 0 Å². The van der Waals surface area contributed by atoms with E-state index in [2.05, 4.69) is 5.32 Å². The van der Waals surface area contributed by atoms with Crippen LogP contribution in [0.2, 0.25) is 0 Å². The van der Waals surface area contributed by atoms with Crippen LogP contribution < -0.4 is 10.0 Å². The second-order valence-electron chi connectivity index (χ2n) is 4.95. The monoisotopic (exact) mass is 317 g/mol. The van der Waals surface area contributed by atoms with Gasteiger partial charge in [-0.3, -0.25) is 0 Å².